The molecule has 2 aromatic rings. The zero-order valence-corrected chi connectivity index (χ0v) is 16.1. The van der Waals surface area contributed by atoms with Gasteiger partial charge in [-0.05, 0) is 55.3 Å². The van der Waals surface area contributed by atoms with E-state index < -0.39 is 12.1 Å². The Morgan fingerprint density at radius 2 is 1.81 bits per heavy atom. The predicted molar refractivity (Wildman–Crippen MR) is 102 cm³/mol. The fourth-order valence-corrected chi connectivity index (χ4v) is 2.58. The molecule has 0 aliphatic heterocycles. The van der Waals surface area contributed by atoms with Gasteiger partial charge in [0.1, 0.15) is 5.75 Å². The highest BCUT2D eigenvalue weighted by Crippen LogP contribution is 2.24. The number of methoxy groups -OCH3 is 1. The summed E-state index contributed by atoms with van der Waals surface area (Å²) in [7, 11) is 1.26. The van der Waals surface area contributed by atoms with Crippen LogP contribution in [0.4, 0.5) is 5.69 Å². The van der Waals surface area contributed by atoms with E-state index >= 15 is 0 Å². The van der Waals surface area contributed by atoms with Crippen molar-refractivity contribution in [3.63, 3.8) is 0 Å². The summed E-state index contributed by atoms with van der Waals surface area (Å²) in [5.74, 6) is -0.357. The Labute approximate surface area is 162 Å². The van der Waals surface area contributed by atoms with Crippen LogP contribution in [-0.2, 0) is 9.53 Å². The van der Waals surface area contributed by atoms with Gasteiger partial charge < -0.3 is 14.8 Å². The minimum Gasteiger partial charge on any atom is -0.481 e. The molecule has 0 bridgehead atoms. The quantitative estimate of drug-likeness (QED) is 0.707. The molecule has 0 unspecified atom stereocenters. The third-order valence-electron chi connectivity index (χ3n) is 3.71. The number of aryl methyl sites for hydroxylation is 1. The van der Waals surface area contributed by atoms with Crippen molar-refractivity contribution in [2.75, 3.05) is 12.4 Å². The van der Waals surface area contributed by atoms with Crippen LogP contribution in [0.2, 0.25) is 10.0 Å². The lowest BCUT2D eigenvalue weighted by Crippen LogP contribution is -2.32. The third kappa shape index (κ3) is 4.90. The Hall–Kier alpha value is -2.24. The lowest BCUT2D eigenvalue weighted by Gasteiger charge is -2.18. The molecule has 0 fully saturated rings. The van der Waals surface area contributed by atoms with Gasteiger partial charge in [0.15, 0.2) is 6.10 Å². The van der Waals surface area contributed by atoms with Crippen molar-refractivity contribution in [1.29, 1.82) is 0 Å². The van der Waals surface area contributed by atoms with Crippen LogP contribution in [0.25, 0.3) is 0 Å². The van der Waals surface area contributed by atoms with Gasteiger partial charge in [-0.2, -0.15) is 0 Å². The lowest BCUT2D eigenvalue weighted by molar-refractivity contribution is -0.122. The maximum atomic E-state index is 12.5. The van der Waals surface area contributed by atoms with Gasteiger partial charge in [-0.25, -0.2) is 4.79 Å². The van der Waals surface area contributed by atoms with Crippen LogP contribution in [0.3, 0.4) is 0 Å². The number of carbonyl (C=O) groups excluding carboxylic acids is 2. The second-order valence-electron chi connectivity index (χ2n) is 5.60. The number of hydrogen-bond donors (Lipinski definition) is 1. The number of esters is 1. The van der Waals surface area contributed by atoms with Gasteiger partial charge in [0.25, 0.3) is 5.91 Å². The molecule has 0 aromatic heterocycles. The Bertz CT molecular complexity index is 823. The normalized spacial score (nSPS) is 11.6. The number of benzene rings is 2. The second kappa shape index (κ2) is 8.92. The number of ether oxygens (including phenoxy) is 2. The second-order valence-corrected chi connectivity index (χ2v) is 6.42. The average Bonchev–Trinajstić information content (AvgIpc) is 2.63. The molecule has 2 rings (SSSR count). The van der Waals surface area contributed by atoms with Gasteiger partial charge in [0.05, 0.1) is 17.7 Å². The largest absolute Gasteiger partial charge is 0.481 e. The van der Waals surface area contributed by atoms with Crippen LogP contribution >= 0.6 is 23.2 Å². The van der Waals surface area contributed by atoms with E-state index in [1.165, 1.54) is 19.2 Å². The SMILES string of the molecule is CC[C@@H](Oc1ccc(Cl)c(C)c1)C(=O)Nc1ccc(Cl)c(C(=O)OC)c1. The van der Waals surface area contributed by atoms with Gasteiger partial charge in [-0.1, -0.05) is 30.1 Å². The molecule has 138 valence electrons. The summed E-state index contributed by atoms with van der Waals surface area (Å²) in [4.78, 5) is 24.2. The maximum absolute atomic E-state index is 12.5. The molecule has 1 amide bonds. The van der Waals surface area contributed by atoms with E-state index in [-0.39, 0.29) is 16.5 Å². The van der Waals surface area contributed by atoms with Crippen LogP contribution < -0.4 is 10.1 Å². The Kier molecular flexibility index (Phi) is 6.89. The van der Waals surface area contributed by atoms with Crippen LogP contribution in [0.5, 0.6) is 5.75 Å². The highest BCUT2D eigenvalue weighted by molar-refractivity contribution is 6.33. The van der Waals surface area contributed by atoms with Crippen molar-refractivity contribution in [1.82, 2.24) is 0 Å². The van der Waals surface area contributed by atoms with Crippen LogP contribution in [-0.4, -0.2) is 25.1 Å². The molecule has 26 heavy (non-hydrogen) atoms. The molecular formula is C19H19Cl2NO4. The molecule has 0 saturated heterocycles. The fraction of sp³-hybridized carbons (Fsp3) is 0.263. The van der Waals surface area contributed by atoms with E-state index in [0.717, 1.165) is 5.56 Å². The molecule has 0 radical (unpaired) electrons. The summed E-state index contributed by atoms with van der Waals surface area (Å²) >= 11 is 12.0. The highest BCUT2D eigenvalue weighted by Gasteiger charge is 2.20. The van der Waals surface area contributed by atoms with Crippen molar-refractivity contribution in [2.45, 2.75) is 26.4 Å². The van der Waals surface area contributed by atoms with Crippen molar-refractivity contribution in [2.24, 2.45) is 0 Å². The topological polar surface area (TPSA) is 64.6 Å². The summed E-state index contributed by atoms with van der Waals surface area (Å²) in [6, 6.07) is 9.79. The first-order valence-electron chi connectivity index (χ1n) is 7.97. The van der Waals surface area contributed by atoms with Gasteiger partial charge in [-0.3, -0.25) is 4.79 Å². The monoisotopic (exact) mass is 395 g/mol. The number of halogens is 2. The number of anilines is 1. The summed E-state index contributed by atoms with van der Waals surface area (Å²) in [5, 5.41) is 3.61. The van der Waals surface area contributed by atoms with E-state index in [1.807, 2.05) is 13.8 Å². The van der Waals surface area contributed by atoms with Gasteiger partial charge >= 0.3 is 5.97 Å². The summed E-state index contributed by atoms with van der Waals surface area (Å²) in [6.07, 6.45) is -0.238. The zero-order valence-electron chi connectivity index (χ0n) is 14.6. The lowest BCUT2D eigenvalue weighted by atomic mass is 10.2. The molecule has 0 saturated carbocycles. The number of hydrogen-bond acceptors (Lipinski definition) is 4. The Morgan fingerprint density at radius 3 is 2.42 bits per heavy atom. The van der Waals surface area contributed by atoms with E-state index in [2.05, 4.69) is 10.1 Å². The van der Waals surface area contributed by atoms with E-state index in [4.69, 9.17) is 27.9 Å². The maximum Gasteiger partial charge on any atom is 0.339 e. The zero-order chi connectivity index (χ0) is 19.3. The van der Waals surface area contributed by atoms with Crippen molar-refractivity contribution < 1.29 is 19.1 Å². The Morgan fingerprint density at radius 1 is 1.12 bits per heavy atom. The molecule has 1 atom stereocenters. The minimum atomic E-state index is -0.701. The number of rotatable bonds is 6. The summed E-state index contributed by atoms with van der Waals surface area (Å²) in [5.41, 5.74) is 1.46. The third-order valence-corrected chi connectivity index (χ3v) is 4.46. The van der Waals surface area contributed by atoms with Gasteiger partial charge in [0.2, 0.25) is 0 Å². The molecule has 5 nitrogen and oxygen atoms in total. The highest BCUT2D eigenvalue weighted by atomic mass is 35.5. The molecule has 0 aliphatic carbocycles. The number of amides is 1. The molecule has 1 N–H and O–H groups in total. The van der Waals surface area contributed by atoms with Crippen molar-refractivity contribution >= 4 is 40.8 Å². The van der Waals surface area contributed by atoms with E-state index in [1.54, 1.807) is 24.3 Å². The van der Waals surface area contributed by atoms with Gasteiger partial charge in [-0.15, -0.1) is 0 Å². The van der Waals surface area contributed by atoms with Crippen LogP contribution in [0, 0.1) is 6.92 Å². The summed E-state index contributed by atoms with van der Waals surface area (Å²) < 4.78 is 10.4. The Balaban J connectivity index is 2.13. The standard InChI is InChI=1S/C19H19Cl2NO4/c1-4-17(26-13-6-8-15(20)11(2)9-13)18(23)22-12-5-7-16(21)14(10-12)19(24)25-3/h5-10,17H,4H2,1-3H3,(H,22,23)/t17-/m1/s1. The molecule has 0 heterocycles. The smallest absolute Gasteiger partial charge is 0.339 e. The molecule has 0 spiro atoms. The van der Waals surface area contributed by atoms with Crippen molar-refractivity contribution in [3.05, 3.63) is 57.6 Å². The van der Waals surface area contributed by atoms with Gasteiger partial charge in [0, 0.05) is 10.7 Å². The van der Waals surface area contributed by atoms with Crippen molar-refractivity contribution in [3.8, 4) is 5.75 Å². The summed E-state index contributed by atoms with van der Waals surface area (Å²) in [6.45, 7) is 3.70. The predicted octanol–water partition coefficient (Wildman–Crippen LogP) is 4.88. The van der Waals surface area contributed by atoms with Crippen LogP contribution in [0.1, 0.15) is 29.3 Å². The fourth-order valence-electron chi connectivity index (χ4n) is 2.27. The average molecular weight is 396 g/mol. The van der Waals surface area contributed by atoms with E-state index in [9.17, 15) is 9.59 Å². The van der Waals surface area contributed by atoms with E-state index in [0.29, 0.717) is 22.9 Å². The molecular weight excluding hydrogens is 377 g/mol. The van der Waals surface area contributed by atoms with Crippen LogP contribution in [0.15, 0.2) is 36.4 Å². The number of nitrogens with one attached hydrogen (secondary N) is 1. The first-order chi connectivity index (χ1) is 12.3. The first-order valence-corrected chi connectivity index (χ1v) is 8.72. The first kappa shape index (κ1) is 20.1. The molecule has 0 aliphatic rings. The molecule has 2 aromatic carbocycles. The minimum absolute atomic E-state index is 0.175. The molecule has 7 heteroatoms. The number of carbonyl (C=O) groups is 2.